The van der Waals surface area contributed by atoms with E-state index in [0.29, 0.717) is 6.54 Å². The summed E-state index contributed by atoms with van der Waals surface area (Å²) in [5, 5.41) is 2.65. The standard InChI is InChI=1S/C11H20N2O5S/c1-18-11(15)6-5-10(14)12-8-9-4-3-7-13(9)19(2,16)17/h9H,3-8H2,1-2H3,(H,12,14). The van der Waals surface area contributed by atoms with Gasteiger partial charge in [-0.05, 0) is 12.8 Å². The quantitative estimate of drug-likeness (QED) is 0.665. The third-order valence-corrected chi connectivity index (χ3v) is 4.40. The number of carbonyl (C=O) groups is 2. The van der Waals surface area contributed by atoms with Crippen molar-refractivity contribution in [2.45, 2.75) is 31.7 Å². The van der Waals surface area contributed by atoms with Gasteiger partial charge in [-0.1, -0.05) is 0 Å². The molecule has 1 saturated heterocycles. The number of rotatable bonds is 6. The van der Waals surface area contributed by atoms with Gasteiger partial charge in [0.1, 0.15) is 0 Å². The Labute approximate surface area is 113 Å². The summed E-state index contributed by atoms with van der Waals surface area (Å²) in [5.41, 5.74) is 0. The summed E-state index contributed by atoms with van der Waals surface area (Å²) in [5.74, 6) is -0.709. The molecule has 1 amide bonds. The molecule has 7 nitrogen and oxygen atoms in total. The molecule has 1 aliphatic rings. The number of nitrogens with one attached hydrogen (secondary N) is 1. The van der Waals surface area contributed by atoms with E-state index in [-0.39, 0.29) is 31.3 Å². The molecule has 1 heterocycles. The van der Waals surface area contributed by atoms with Crippen molar-refractivity contribution in [2.75, 3.05) is 26.5 Å². The van der Waals surface area contributed by atoms with Gasteiger partial charge in [-0.2, -0.15) is 4.31 Å². The molecule has 0 saturated carbocycles. The van der Waals surface area contributed by atoms with Gasteiger partial charge in [0.2, 0.25) is 15.9 Å². The second kappa shape index (κ2) is 6.85. The second-order valence-electron chi connectivity index (χ2n) is 4.55. The van der Waals surface area contributed by atoms with Crippen LogP contribution in [0.4, 0.5) is 0 Å². The minimum Gasteiger partial charge on any atom is -0.469 e. The van der Waals surface area contributed by atoms with Crippen LogP contribution in [0, 0.1) is 0 Å². The van der Waals surface area contributed by atoms with Crippen LogP contribution >= 0.6 is 0 Å². The van der Waals surface area contributed by atoms with E-state index in [4.69, 9.17) is 0 Å². The molecular weight excluding hydrogens is 272 g/mol. The maximum atomic E-state index is 11.5. The highest BCUT2D eigenvalue weighted by Crippen LogP contribution is 2.19. The number of nitrogens with zero attached hydrogens (tertiary/aromatic N) is 1. The average molecular weight is 292 g/mol. The molecule has 19 heavy (non-hydrogen) atoms. The minimum absolute atomic E-state index is 0.0305. The van der Waals surface area contributed by atoms with Crippen LogP contribution in [0.2, 0.25) is 0 Å². The Morgan fingerprint density at radius 2 is 2.05 bits per heavy atom. The molecule has 0 spiro atoms. The first-order valence-electron chi connectivity index (χ1n) is 6.15. The summed E-state index contributed by atoms with van der Waals surface area (Å²) in [6.07, 6.45) is 2.80. The number of methoxy groups -OCH3 is 1. The maximum Gasteiger partial charge on any atom is 0.306 e. The van der Waals surface area contributed by atoms with E-state index < -0.39 is 16.0 Å². The minimum atomic E-state index is -3.22. The van der Waals surface area contributed by atoms with Crippen molar-refractivity contribution < 1.29 is 22.7 Å². The molecule has 1 N–H and O–H groups in total. The molecule has 0 bridgehead atoms. The largest absolute Gasteiger partial charge is 0.469 e. The lowest BCUT2D eigenvalue weighted by Gasteiger charge is -2.22. The predicted molar refractivity (Wildman–Crippen MR) is 68.8 cm³/mol. The number of hydrogen-bond acceptors (Lipinski definition) is 5. The molecule has 1 unspecified atom stereocenters. The van der Waals surface area contributed by atoms with Crippen LogP contribution in [0.1, 0.15) is 25.7 Å². The van der Waals surface area contributed by atoms with Crippen molar-refractivity contribution in [3.8, 4) is 0 Å². The lowest BCUT2D eigenvalue weighted by Crippen LogP contribution is -2.42. The third-order valence-electron chi connectivity index (χ3n) is 3.07. The summed E-state index contributed by atoms with van der Waals surface area (Å²) >= 11 is 0. The highest BCUT2D eigenvalue weighted by atomic mass is 32.2. The molecule has 0 radical (unpaired) electrons. The van der Waals surface area contributed by atoms with Crippen LogP contribution in [0.25, 0.3) is 0 Å². The first kappa shape index (κ1) is 15.9. The topological polar surface area (TPSA) is 92.8 Å². The van der Waals surface area contributed by atoms with Gasteiger partial charge in [0.05, 0.1) is 19.8 Å². The maximum absolute atomic E-state index is 11.5. The molecule has 0 aromatic carbocycles. The number of ether oxygens (including phenoxy) is 1. The van der Waals surface area contributed by atoms with E-state index in [1.165, 1.54) is 17.7 Å². The fourth-order valence-corrected chi connectivity index (χ4v) is 3.27. The molecule has 0 aliphatic carbocycles. The number of carbonyl (C=O) groups excluding carboxylic acids is 2. The van der Waals surface area contributed by atoms with Crippen molar-refractivity contribution >= 4 is 21.9 Å². The van der Waals surface area contributed by atoms with Gasteiger partial charge < -0.3 is 10.1 Å². The SMILES string of the molecule is COC(=O)CCC(=O)NCC1CCCN1S(C)(=O)=O. The summed E-state index contributed by atoms with van der Waals surface area (Å²) in [6.45, 7) is 0.786. The first-order chi connectivity index (χ1) is 8.84. The van der Waals surface area contributed by atoms with E-state index >= 15 is 0 Å². The van der Waals surface area contributed by atoms with Gasteiger partial charge >= 0.3 is 5.97 Å². The monoisotopic (exact) mass is 292 g/mol. The Morgan fingerprint density at radius 1 is 1.37 bits per heavy atom. The van der Waals surface area contributed by atoms with Gasteiger partial charge in [0.25, 0.3) is 0 Å². The Bertz CT molecular complexity index is 434. The molecule has 1 rings (SSSR count). The predicted octanol–water partition coefficient (Wildman–Crippen LogP) is -0.520. The molecule has 0 aromatic heterocycles. The molecule has 1 fully saturated rings. The number of hydrogen-bond donors (Lipinski definition) is 1. The lowest BCUT2D eigenvalue weighted by molar-refractivity contribution is -0.142. The van der Waals surface area contributed by atoms with E-state index in [1.807, 2.05) is 0 Å². The molecular formula is C11H20N2O5S. The second-order valence-corrected chi connectivity index (χ2v) is 6.49. The van der Waals surface area contributed by atoms with Gasteiger partial charge in [-0.3, -0.25) is 9.59 Å². The van der Waals surface area contributed by atoms with E-state index in [0.717, 1.165) is 12.8 Å². The molecule has 1 aliphatic heterocycles. The third kappa shape index (κ3) is 5.15. The van der Waals surface area contributed by atoms with Crippen LogP contribution in [-0.4, -0.2) is 57.1 Å². The van der Waals surface area contributed by atoms with Crippen molar-refractivity contribution in [3.05, 3.63) is 0 Å². The van der Waals surface area contributed by atoms with Crippen LogP contribution < -0.4 is 5.32 Å². The van der Waals surface area contributed by atoms with E-state index in [2.05, 4.69) is 10.1 Å². The van der Waals surface area contributed by atoms with Crippen molar-refractivity contribution in [2.24, 2.45) is 0 Å². The zero-order chi connectivity index (χ0) is 14.5. The van der Waals surface area contributed by atoms with Crippen LogP contribution in [0.5, 0.6) is 0 Å². The van der Waals surface area contributed by atoms with Gasteiger partial charge in [-0.25, -0.2) is 8.42 Å². The zero-order valence-electron chi connectivity index (χ0n) is 11.2. The lowest BCUT2D eigenvalue weighted by atomic mass is 10.2. The molecule has 1 atom stereocenters. The summed E-state index contributed by atoms with van der Waals surface area (Å²) in [7, 11) is -1.95. The number of amides is 1. The van der Waals surface area contributed by atoms with Crippen molar-refractivity contribution in [3.63, 3.8) is 0 Å². The van der Waals surface area contributed by atoms with Crippen LogP contribution in [0.3, 0.4) is 0 Å². The van der Waals surface area contributed by atoms with E-state index in [9.17, 15) is 18.0 Å². The molecule has 0 aromatic rings. The zero-order valence-corrected chi connectivity index (χ0v) is 12.0. The van der Waals surface area contributed by atoms with Crippen LogP contribution in [0.15, 0.2) is 0 Å². The normalized spacial score (nSPS) is 20.2. The van der Waals surface area contributed by atoms with Crippen LogP contribution in [-0.2, 0) is 24.3 Å². The summed E-state index contributed by atoms with van der Waals surface area (Å²) in [6, 6.07) is -0.183. The fourth-order valence-electron chi connectivity index (χ4n) is 2.09. The fraction of sp³-hybridized carbons (Fsp3) is 0.818. The Hall–Kier alpha value is -1.15. The van der Waals surface area contributed by atoms with E-state index in [1.54, 1.807) is 0 Å². The Balaban J connectivity index is 2.36. The number of sulfonamides is 1. The smallest absolute Gasteiger partial charge is 0.306 e. The summed E-state index contributed by atoms with van der Waals surface area (Å²) < 4.78 is 28.8. The Kier molecular flexibility index (Phi) is 5.74. The highest BCUT2D eigenvalue weighted by molar-refractivity contribution is 7.88. The van der Waals surface area contributed by atoms with Gasteiger partial charge in [-0.15, -0.1) is 0 Å². The highest BCUT2D eigenvalue weighted by Gasteiger charge is 2.31. The van der Waals surface area contributed by atoms with Gasteiger partial charge in [0, 0.05) is 25.6 Å². The Morgan fingerprint density at radius 3 is 2.63 bits per heavy atom. The number of esters is 1. The van der Waals surface area contributed by atoms with Crippen molar-refractivity contribution in [1.29, 1.82) is 0 Å². The first-order valence-corrected chi connectivity index (χ1v) is 7.99. The van der Waals surface area contributed by atoms with Crippen molar-refractivity contribution in [1.82, 2.24) is 9.62 Å². The average Bonchev–Trinajstić information content (AvgIpc) is 2.81. The molecule has 110 valence electrons. The van der Waals surface area contributed by atoms with Gasteiger partial charge in [0.15, 0.2) is 0 Å². The molecule has 8 heteroatoms. The summed E-state index contributed by atoms with van der Waals surface area (Å²) in [4.78, 5) is 22.4.